The van der Waals surface area contributed by atoms with Crippen LogP contribution in [0.1, 0.15) is 44.9 Å². The Hall–Kier alpha value is -1.26. The van der Waals surface area contributed by atoms with Crippen molar-refractivity contribution in [2.75, 3.05) is 6.54 Å². The Kier molecular flexibility index (Phi) is 3.86. The molecule has 1 heterocycles. The van der Waals surface area contributed by atoms with Gasteiger partial charge in [-0.2, -0.15) is 0 Å². The van der Waals surface area contributed by atoms with Crippen molar-refractivity contribution in [3.8, 4) is 0 Å². The second-order valence-corrected chi connectivity index (χ2v) is 4.97. The lowest BCUT2D eigenvalue weighted by Gasteiger charge is -2.27. The van der Waals surface area contributed by atoms with Gasteiger partial charge in [0.15, 0.2) is 0 Å². The van der Waals surface area contributed by atoms with Gasteiger partial charge in [-0.25, -0.2) is 9.59 Å². The quantitative estimate of drug-likeness (QED) is 0.770. The third kappa shape index (κ3) is 2.90. The second kappa shape index (κ2) is 5.38. The zero-order chi connectivity index (χ0) is 12.3. The molecule has 0 aromatic carbocycles. The minimum absolute atomic E-state index is 0.193. The van der Waals surface area contributed by atoms with Crippen molar-refractivity contribution in [3.63, 3.8) is 0 Å². The fourth-order valence-electron chi connectivity index (χ4n) is 2.77. The first-order valence-corrected chi connectivity index (χ1v) is 6.48. The SMILES string of the molecule is O=C(O)C1CCCN1C(=O)NC1CCCCC1. The minimum Gasteiger partial charge on any atom is -0.480 e. The zero-order valence-corrected chi connectivity index (χ0v) is 10.0. The molecule has 1 unspecified atom stereocenters. The van der Waals surface area contributed by atoms with Crippen LogP contribution in [0.25, 0.3) is 0 Å². The molecule has 0 radical (unpaired) electrons. The predicted molar refractivity (Wildman–Crippen MR) is 62.8 cm³/mol. The molecule has 2 amide bonds. The van der Waals surface area contributed by atoms with Gasteiger partial charge in [0, 0.05) is 12.6 Å². The first kappa shape index (κ1) is 12.2. The Labute approximate surface area is 101 Å². The molecule has 17 heavy (non-hydrogen) atoms. The number of urea groups is 1. The Balaban J connectivity index is 1.88. The van der Waals surface area contributed by atoms with Gasteiger partial charge >= 0.3 is 12.0 Å². The molecule has 2 N–H and O–H groups in total. The summed E-state index contributed by atoms with van der Waals surface area (Å²) >= 11 is 0. The number of amides is 2. The van der Waals surface area contributed by atoms with E-state index in [-0.39, 0.29) is 12.1 Å². The lowest BCUT2D eigenvalue weighted by molar-refractivity contribution is -0.141. The molecule has 1 aliphatic carbocycles. The standard InChI is InChI=1S/C12H20N2O3/c15-11(16)10-7-4-8-14(10)12(17)13-9-5-2-1-3-6-9/h9-10H,1-8H2,(H,13,17)(H,15,16). The molecule has 96 valence electrons. The van der Waals surface area contributed by atoms with Gasteiger partial charge in [-0.1, -0.05) is 19.3 Å². The van der Waals surface area contributed by atoms with Crippen LogP contribution < -0.4 is 5.32 Å². The van der Waals surface area contributed by atoms with E-state index in [1.54, 1.807) is 0 Å². The average molecular weight is 240 g/mol. The summed E-state index contributed by atoms with van der Waals surface area (Å²) in [5, 5.41) is 12.0. The van der Waals surface area contributed by atoms with E-state index in [1.165, 1.54) is 11.3 Å². The Morgan fingerprint density at radius 3 is 2.41 bits per heavy atom. The van der Waals surface area contributed by atoms with Crippen LogP contribution in [0.5, 0.6) is 0 Å². The molecular weight excluding hydrogens is 220 g/mol. The first-order valence-electron chi connectivity index (χ1n) is 6.48. The number of likely N-dealkylation sites (tertiary alicyclic amines) is 1. The molecule has 2 fully saturated rings. The molecule has 0 aromatic rings. The van der Waals surface area contributed by atoms with E-state index < -0.39 is 12.0 Å². The maximum absolute atomic E-state index is 12.0. The van der Waals surface area contributed by atoms with Crippen molar-refractivity contribution in [1.29, 1.82) is 0 Å². The largest absolute Gasteiger partial charge is 0.480 e. The molecule has 1 aliphatic heterocycles. The molecule has 5 heteroatoms. The topological polar surface area (TPSA) is 69.6 Å². The molecule has 0 spiro atoms. The highest BCUT2D eigenvalue weighted by atomic mass is 16.4. The lowest BCUT2D eigenvalue weighted by Crippen LogP contribution is -2.49. The maximum Gasteiger partial charge on any atom is 0.326 e. The predicted octanol–water partition coefficient (Wildman–Crippen LogP) is 1.58. The number of nitrogens with one attached hydrogen (secondary N) is 1. The van der Waals surface area contributed by atoms with Crippen molar-refractivity contribution in [2.24, 2.45) is 0 Å². The molecule has 1 atom stereocenters. The summed E-state index contributed by atoms with van der Waals surface area (Å²) in [6.45, 7) is 0.565. The summed E-state index contributed by atoms with van der Waals surface area (Å²) in [6.07, 6.45) is 6.98. The van der Waals surface area contributed by atoms with Gasteiger partial charge in [-0.3, -0.25) is 0 Å². The van der Waals surface area contributed by atoms with Gasteiger partial charge in [-0.05, 0) is 25.7 Å². The number of hydrogen-bond donors (Lipinski definition) is 2. The molecular formula is C12H20N2O3. The normalized spacial score (nSPS) is 25.9. The van der Waals surface area contributed by atoms with Gasteiger partial charge in [-0.15, -0.1) is 0 Å². The third-order valence-corrected chi connectivity index (χ3v) is 3.73. The van der Waals surface area contributed by atoms with Crippen molar-refractivity contribution in [3.05, 3.63) is 0 Å². The number of nitrogens with zero attached hydrogens (tertiary/aromatic N) is 1. The van der Waals surface area contributed by atoms with Crippen LogP contribution in [0.4, 0.5) is 4.79 Å². The van der Waals surface area contributed by atoms with Crippen LogP contribution in [0.15, 0.2) is 0 Å². The molecule has 2 rings (SSSR count). The molecule has 1 saturated heterocycles. The second-order valence-electron chi connectivity index (χ2n) is 4.97. The number of carbonyl (C=O) groups excluding carboxylic acids is 1. The summed E-state index contributed by atoms with van der Waals surface area (Å²) in [5.41, 5.74) is 0. The summed E-state index contributed by atoms with van der Waals surface area (Å²) in [5.74, 6) is -0.888. The van der Waals surface area contributed by atoms with Crippen LogP contribution >= 0.6 is 0 Å². The number of hydrogen-bond acceptors (Lipinski definition) is 2. The molecule has 5 nitrogen and oxygen atoms in total. The van der Waals surface area contributed by atoms with Crippen LogP contribution in [-0.4, -0.2) is 40.6 Å². The van der Waals surface area contributed by atoms with Crippen molar-refractivity contribution >= 4 is 12.0 Å². The van der Waals surface area contributed by atoms with E-state index >= 15 is 0 Å². The average Bonchev–Trinajstić information content (AvgIpc) is 2.79. The highest BCUT2D eigenvalue weighted by Gasteiger charge is 2.34. The number of carboxylic acid groups (broad SMARTS) is 1. The number of rotatable bonds is 2. The zero-order valence-electron chi connectivity index (χ0n) is 10.0. The number of carboxylic acids is 1. The van der Waals surface area contributed by atoms with E-state index in [0.717, 1.165) is 32.1 Å². The van der Waals surface area contributed by atoms with Crippen molar-refractivity contribution < 1.29 is 14.7 Å². The smallest absolute Gasteiger partial charge is 0.326 e. The Morgan fingerprint density at radius 1 is 1.06 bits per heavy atom. The van der Waals surface area contributed by atoms with Crippen LogP contribution in [0.3, 0.4) is 0 Å². The van der Waals surface area contributed by atoms with Gasteiger partial charge in [0.25, 0.3) is 0 Å². The number of carbonyl (C=O) groups is 2. The van der Waals surface area contributed by atoms with E-state index in [2.05, 4.69) is 5.32 Å². The van der Waals surface area contributed by atoms with E-state index in [1.807, 2.05) is 0 Å². The highest BCUT2D eigenvalue weighted by Crippen LogP contribution is 2.20. The summed E-state index contributed by atoms with van der Waals surface area (Å²) in [4.78, 5) is 24.4. The van der Waals surface area contributed by atoms with E-state index in [0.29, 0.717) is 13.0 Å². The molecule has 0 aromatic heterocycles. The van der Waals surface area contributed by atoms with Crippen LogP contribution in [-0.2, 0) is 4.79 Å². The Bertz CT molecular complexity index is 300. The third-order valence-electron chi connectivity index (χ3n) is 3.73. The van der Waals surface area contributed by atoms with Crippen molar-refractivity contribution in [1.82, 2.24) is 10.2 Å². The summed E-state index contributed by atoms with van der Waals surface area (Å²) in [7, 11) is 0. The molecule has 2 aliphatic rings. The fraction of sp³-hybridized carbons (Fsp3) is 0.833. The summed E-state index contributed by atoms with van der Waals surface area (Å²) < 4.78 is 0. The van der Waals surface area contributed by atoms with Crippen molar-refractivity contribution in [2.45, 2.75) is 57.0 Å². The number of aliphatic carboxylic acids is 1. The van der Waals surface area contributed by atoms with Gasteiger partial charge < -0.3 is 15.3 Å². The monoisotopic (exact) mass is 240 g/mol. The van der Waals surface area contributed by atoms with Gasteiger partial charge in [0.2, 0.25) is 0 Å². The van der Waals surface area contributed by atoms with E-state index in [4.69, 9.17) is 5.11 Å². The van der Waals surface area contributed by atoms with Gasteiger partial charge in [0.1, 0.15) is 6.04 Å². The van der Waals surface area contributed by atoms with E-state index in [9.17, 15) is 9.59 Å². The summed E-state index contributed by atoms with van der Waals surface area (Å²) in [6, 6.07) is -0.577. The fourth-order valence-corrected chi connectivity index (χ4v) is 2.77. The van der Waals surface area contributed by atoms with Gasteiger partial charge in [0.05, 0.1) is 0 Å². The molecule has 1 saturated carbocycles. The lowest BCUT2D eigenvalue weighted by atomic mass is 9.96. The van der Waals surface area contributed by atoms with Crippen LogP contribution in [0, 0.1) is 0 Å². The molecule has 0 bridgehead atoms. The highest BCUT2D eigenvalue weighted by molar-refractivity contribution is 5.83. The van der Waals surface area contributed by atoms with Crippen LogP contribution in [0.2, 0.25) is 0 Å². The Morgan fingerprint density at radius 2 is 1.76 bits per heavy atom. The first-order chi connectivity index (χ1) is 8.18. The maximum atomic E-state index is 12.0. The minimum atomic E-state index is -0.888.